The van der Waals surface area contributed by atoms with Crippen LogP contribution in [0.3, 0.4) is 0 Å². The van der Waals surface area contributed by atoms with Gasteiger partial charge in [-0.05, 0) is 43.0 Å². The molecule has 1 aliphatic heterocycles. The smallest absolute Gasteiger partial charge is 0.270 e. The Morgan fingerprint density at radius 1 is 1.11 bits per heavy atom. The average molecular weight is 405 g/mol. The van der Waals surface area contributed by atoms with Gasteiger partial charge in [-0.25, -0.2) is 12.8 Å². The van der Waals surface area contributed by atoms with Gasteiger partial charge in [0.05, 0.1) is 10.6 Å². The van der Waals surface area contributed by atoms with Crippen molar-refractivity contribution >= 4 is 21.4 Å². The van der Waals surface area contributed by atoms with Gasteiger partial charge in [0.2, 0.25) is 10.0 Å². The highest BCUT2D eigenvalue weighted by atomic mass is 32.2. The Balaban J connectivity index is 1.62. The van der Waals surface area contributed by atoms with Crippen molar-refractivity contribution in [3.63, 3.8) is 0 Å². The van der Waals surface area contributed by atoms with Crippen LogP contribution in [0.25, 0.3) is 0 Å². The molecule has 2 aliphatic rings. The van der Waals surface area contributed by atoms with Crippen molar-refractivity contribution < 1.29 is 17.7 Å². The molecule has 1 aliphatic carbocycles. The van der Waals surface area contributed by atoms with Gasteiger partial charge >= 0.3 is 0 Å². The molecule has 7 nitrogen and oxygen atoms in total. The number of nitro groups is 1. The Labute approximate surface area is 162 Å². The minimum absolute atomic E-state index is 0.000514. The summed E-state index contributed by atoms with van der Waals surface area (Å²) in [5.41, 5.74) is 1.09. The third kappa shape index (κ3) is 3.59. The van der Waals surface area contributed by atoms with E-state index in [4.69, 9.17) is 0 Å². The highest BCUT2D eigenvalue weighted by Crippen LogP contribution is 2.44. The first kappa shape index (κ1) is 18.8. The molecule has 1 N–H and O–H groups in total. The highest BCUT2D eigenvalue weighted by molar-refractivity contribution is 7.89. The van der Waals surface area contributed by atoms with Crippen LogP contribution in [-0.2, 0) is 10.0 Å². The normalized spacial score (nSPS) is 22.2. The number of nitrogens with one attached hydrogen (secondary N) is 1. The summed E-state index contributed by atoms with van der Waals surface area (Å²) in [6.45, 7) is 0.845. The maximum Gasteiger partial charge on any atom is 0.270 e. The molecule has 9 heteroatoms. The van der Waals surface area contributed by atoms with Crippen LogP contribution in [0.5, 0.6) is 0 Å². The predicted molar refractivity (Wildman–Crippen MR) is 102 cm³/mol. The Morgan fingerprint density at radius 2 is 1.79 bits per heavy atom. The first-order valence-corrected chi connectivity index (χ1v) is 10.6. The lowest BCUT2D eigenvalue weighted by atomic mass is 10.1. The lowest BCUT2D eigenvalue weighted by molar-refractivity contribution is -0.385. The molecule has 1 heterocycles. The molecule has 1 saturated carbocycles. The number of benzene rings is 2. The number of hydrogen-bond acceptors (Lipinski definition) is 5. The molecule has 4 rings (SSSR count). The van der Waals surface area contributed by atoms with Gasteiger partial charge in [-0.3, -0.25) is 10.1 Å². The van der Waals surface area contributed by atoms with E-state index in [2.05, 4.69) is 5.32 Å². The van der Waals surface area contributed by atoms with Crippen molar-refractivity contribution in [1.82, 2.24) is 4.31 Å². The number of nitrogens with zero attached hydrogens (tertiary/aromatic N) is 2. The SMILES string of the molecule is O=[N+]([O-])c1ccc(N[C@@H]2C[C@H]2c2ccc(F)cc2)c(S(=O)(=O)N2CCCC2)c1. The van der Waals surface area contributed by atoms with E-state index in [9.17, 15) is 22.9 Å². The standard InChI is InChI=1S/C19H20FN3O4S/c20-14-5-3-13(4-6-14)16-12-18(16)21-17-8-7-15(23(24)25)11-19(17)28(26,27)22-9-1-2-10-22/h3-8,11,16,18,21H,1-2,9-10,12H2/t16-,18+/m0/s1. The summed E-state index contributed by atoms with van der Waals surface area (Å²) in [7, 11) is -3.81. The molecule has 0 amide bonds. The van der Waals surface area contributed by atoms with E-state index in [0.717, 1.165) is 30.9 Å². The molecule has 1 saturated heterocycles. The van der Waals surface area contributed by atoms with E-state index < -0.39 is 14.9 Å². The molecule has 0 radical (unpaired) electrons. The van der Waals surface area contributed by atoms with Gasteiger partial charge in [-0.15, -0.1) is 0 Å². The Kier molecular flexibility index (Phi) is 4.80. The van der Waals surface area contributed by atoms with Crippen LogP contribution in [0.1, 0.15) is 30.7 Å². The minimum Gasteiger partial charge on any atom is -0.381 e. The number of non-ortho nitro benzene ring substituents is 1. The number of nitro benzene ring substituents is 1. The van der Waals surface area contributed by atoms with Crippen LogP contribution in [0, 0.1) is 15.9 Å². The third-order valence-corrected chi connectivity index (χ3v) is 7.23. The highest BCUT2D eigenvalue weighted by Gasteiger charge is 2.40. The molecular weight excluding hydrogens is 385 g/mol. The van der Waals surface area contributed by atoms with Crippen molar-refractivity contribution in [3.8, 4) is 0 Å². The van der Waals surface area contributed by atoms with Crippen molar-refractivity contribution in [2.75, 3.05) is 18.4 Å². The Bertz CT molecular complexity index is 1000. The fraction of sp³-hybridized carbons (Fsp3) is 0.368. The van der Waals surface area contributed by atoms with Gasteiger partial charge in [0.15, 0.2) is 0 Å². The second kappa shape index (κ2) is 7.14. The number of anilines is 1. The maximum absolute atomic E-state index is 13.1. The summed E-state index contributed by atoms with van der Waals surface area (Å²) in [5, 5.41) is 14.4. The van der Waals surface area contributed by atoms with E-state index in [1.807, 2.05) is 0 Å². The zero-order valence-electron chi connectivity index (χ0n) is 15.0. The van der Waals surface area contributed by atoms with Gasteiger partial charge in [-0.1, -0.05) is 12.1 Å². The molecule has 2 aromatic carbocycles. The third-order valence-electron chi connectivity index (χ3n) is 5.29. The summed E-state index contributed by atoms with van der Waals surface area (Å²) >= 11 is 0. The zero-order valence-corrected chi connectivity index (χ0v) is 15.9. The summed E-state index contributed by atoms with van der Waals surface area (Å²) in [6, 6.07) is 10.1. The molecule has 0 aromatic heterocycles. The van der Waals surface area contributed by atoms with Gasteiger partial charge in [0, 0.05) is 37.2 Å². The predicted octanol–water partition coefficient (Wildman–Crippen LogP) is 3.49. The number of halogens is 1. The van der Waals surface area contributed by atoms with E-state index in [-0.39, 0.29) is 28.4 Å². The fourth-order valence-electron chi connectivity index (χ4n) is 3.66. The van der Waals surface area contributed by atoms with Crippen molar-refractivity contribution in [2.24, 2.45) is 0 Å². The van der Waals surface area contributed by atoms with E-state index in [1.165, 1.54) is 28.6 Å². The topological polar surface area (TPSA) is 92.5 Å². The van der Waals surface area contributed by atoms with Crippen LogP contribution < -0.4 is 5.32 Å². The largest absolute Gasteiger partial charge is 0.381 e. The number of rotatable bonds is 6. The van der Waals surface area contributed by atoms with Gasteiger partial charge in [-0.2, -0.15) is 4.31 Å². The van der Waals surface area contributed by atoms with Gasteiger partial charge < -0.3 is 5.32 Å². The van der Waals surface area contributed by atoms with Crippen LogP contribution in [-0.4, -0.2) is 36.8 Å². The Morgan fingerprint density at radius 3 is 2.43 bits per heavy atom. The quantitative estimate of drug-likeness (QED) is 0.587. The van der Waals surface area contributed by atoms with Crippen LogP contribution in [0.2, 0.25) is 0 Å². The first-order chi connectivity index (χ1) is 13.4. The number of hydrogen-bond donors (Lipinski definition) is 1. The average Bonchev–Trinajstić information content (AvgIpc) is 3.19. The second-order valence-corrected chi connectivity index (χ2v) is 9.10. The van der Waals surface area contributed by atoms with Crippen molar-refractivity contribution in [3.05, 3.63) is 64.0 Å². The summed E-state index contributed by atoms with van der Waals surface area (Å²) in [4.78, 5) is 10.5. The molecule has 0 bridgehead atoms. The monoisotopic (exact) mass is 405 g/mol. The second-order valence-electron chi connectivity index (χ2n) is 7.19. The van der Waals surface area contributed by atoms with Crippen LogP contribution in [0.15, 0.2) is 47.4 Å². The summed E-state index contributed by atoms with van der Waals surface area (Å²) in [5.74, 6) is -0.151. The fourth-order valence-corrected chi connectivity index (χ4v) is 5.35. The number of sulfonamides is 1. The first-order valence-electron chi connectivity index (χ1n) is 9.17. The lowest BCUT2D eigenvalue weighted by Crippen LogP contribution is -2.28. The molecule has 2 fully saturated rings. The molecule has 2 atom stereocenters. The molecular formula is C19H20FN3O4S. The van der Waals surface area contributed by atoms with E-state index in [1.54, 1.807) is 12.1 Å². The van der Waals surface area contributed by atoms with E-state index in [0.29, 0.717) is 18.8 Å². The maximum atomic E-state index is 13.1. The summed E-state index contributed by atoms with van der Waals surface area (Å²) < 4.78 is 40.6. The van der Waals surface area contributed by atoms with Crippen molar-refractivity contribution in [2.45, 2.75) is 36.1 Å². The van der Waals surface area contributed by atoms with E-state index >= 15 is 0 Å². The van der Waals surface area contributed by atoms with Gasteiger partial charge in [0.25, 0.3) is 5.69 Å². The molecule has 2 aromatic rings. The summed E-state index contributed by atoms with van der Waals surface area (Å²) in [6.07, 6.45) is 2.35. The van der Waals surface area contributed by atoms with Crippen molar-refractivity contribution in [1.29, 1.82) is 0 Å². The minimum atomic E-state index is -3.81. The Hall–Kier alpha value is -2.52. The van der Waals surface area contributed by atoms with Crippen LogP contribution in [0.4, 0.5) is 15.8 Å². The molecule has 28 heavy (non-hydrogen) atoms. The molecule has 0 unspecified atom stereocenters. The molecule has 148 valence electrons. The van der Waals surface area contributed by atoms with Crippen LogP contribution >= 0.6 is 0 Å². The molecule has 0 spiro atoms. The van der Waals surface area contributed by atoms with Gasteiger partial charge in [0.1, 0.15) is 10.7 Å². The zero-order chi connectivity index (χ0) is 19.9. The lowest BCUT2D eigenvalue weighted by Gasteiger charge is -2.19.